The Balaban J connectivity index is 4.30. The molecule has 0 aromatic carbocycles. The number of rotatable bonds is 54. The van der Waals surface area contributed by atoms with Gasteiger partial charge in [-0.15, -0.1) is 0 Å². The maximum absolute atomic E-state index is 12.9. The van der Waals surface area contributed by atoms with Crippen LogP contribution in [0.2, 0.25) is 0 Å². The fraction of sp³-hybridized carbons (Fsp3) is 0.950. The summed E-state index contributed by atoms with van der Waals surface area (Å²) >= 11 is 0. The highest BCUT2D eigenvalue weighted by Crippen LogP contribution is 2.18. The Kier molecular flexibility index (Phi) is 51.5. The lowest BCUT2D eigenvalue weighted by molar-refractivity contribution is -0.167. The number of hydrogen-bond acceptors (Lipinski definition) is 6. The number of carbonyl (C=O) groups excluding carboxylic acids is 3. The van der Waals surface area contributed by atoms with Crippen molar-refractivity contribution in [2.24, 2.45) is 11.8 Å². The van der Waals surface area contributed by atoms with Crippen molar-refractivity contribution in [1.82, 2.24) is 0 Å². The average molecular weight is 934 g/mol. The Morgan fingerprint density at radius 1 is 0.288 bits per heavy atom. The normalized spacial score (nSPS) is 12.0. The summed E-state index contributed by atoms with van der Waals surface area (Å²) in [5, 5.41) is 0. The van der Waals surface area contributed by atoms with Crippen LogP contribution in [0.1, 0.15) is 336 Å². The highest BCUT2D eigenvalue weighted by molar-refractivity contribution is 5.71. The maximum Gasteiger partial charge on any atom is 0.306 e. The Labute approximate surface area is 412 Å². The predicted octanol–water partition coefficient (Wildman–Crippen LogP) is 19.7. The smallest absolute Gasteiger partial charge is 0.306 e. The van der Waals surface area contributed by atoms with Crippen LogP contribution in [0.15, 0.2) is 0 Å². The third kappa shape index (κ3) is 53.4. The van der Waals surface area contributed by atoms with E-state index < -0.39 is 6.10 Å². The van der Waals surface area contributed by atoms with Gasteiger partial charge in [-0.2, -0.15) is 0 Å². The Bertz CT molecular complexity index is 1010. The summed E-state index contributed by atoms with van der Waals surface area (Å²) < 4.78 is 16.9. The second kappa shape index (κ2) is 52.8. The van der Waals surface area contributed by atoms with Crippen molar-refractivity contribution in [3.63, 3.8) is 0 Å². The lowest BCUT2D eigenvalue weighted by Crippen LogP contribution is -2.30. The largest absolute Gasteiger partial charge is 0.462 e. The van der Waals surface area contributed by atoms with Crippen LogP contribution in [-0.4, -0.2) is 37.2 Å². The van der Waals surface area contributed by atoms with Crippen LogP contribution in [0.3, 0.4) is 0 Å². The van der Waals surface area contributed by atoms with Crippen LogP contribution < -0.4 is 0 Å². The Morgan fingerprint density at radius 3 is 0.742 bits per heavy atom. The van der Waals surface area contributed by atoms with Gasteiger partial charge >= 0.3 is 17.9 Å². The monoisotopic (exact) mass is 933 g/mol. The van der Waals surface area contributed by atoms with E-state index in [1.165, 1.54) is 225 Å². The molecule has 0 aliphatic carbocycles. The molecular formula is C60H116O6. The van der Waals surface area contributed by atoms with E-state index in [4.69, 9.17) is 14.2 Å². The molecule has 0 aromatic rings. The number of carbonyl (C=O) groups is 3. The van der Waals surface area contributed by atoms with Gasteiger partial charge in [0.25, 0.3) is 0 Å². The van der Waals surface area contributed by atoms with Crippen LogP contribution in [0, 0.1) is 11.8 Å². The van der Waals surface area contributed by atoms with Crippen LogP contribution in [0.25, 0.3) is 0 Å². The van der Waals surface area contributed by atoms with Crippen molar-refractivity contribution in [3.05, 3.63) is 0 Å². The van der Waals surface area contributed by atoms with E-state index in [1.807, 2.05) is 0 Å². The first kappa shape index (κ1) is 64.4. The fourth-order valence-corrected chi connectivity index (χ4v) is 9.23. The van der Waals surface area contributed by atoms with Crippen LogP contribution in [0.5, 0.6) is 0 Å². The zero-order valence-electron chi connectivity index (χ0n) is 45.3. The molecule has 1 atom stereocenters. The van der Waals surface area contributed by atoms with Gasteiger partial charge in [0.1, 0.15) is 13.2 Å². The first-order chi connectivity index (χ1) is 32.2. The summed E-state index contributed by atoms with van der Waals surface area (Å²) in [6.45, 7) is 11.4. The van der Waals surface area contributed by atoms with E-state index in [0.717, 1.165) is 69.6 Å². The second-order valence-electron chi connectivity index (χ2n) is 21.6. The van der Waals surface area contributed by atoms with Gasteiger partial charge in [0, 0.05) is 19.3 Å². The highest BCUT2D eigenvalue weighted by atomic mass is 16.6. The number of esters is 3. The molecule has 0 rings (SSSR count). The quantitative estimate of drug-likeness (QED) is 0.0343. The molecule has 0 unspecified atom stereocenters. The molecule has 0 saturated heterocycles. The van der Waals surface area contributed by atoms with E-state index in [0.29, 0.717) is 19.3 Å². The molecule has 6 nitrogen and oxygen atoms in total. The van der Waals surface area contributed by atoms with Crippen molar-refractivity contribution < 1.29 is 28.6 Å². The van der Waals surface area contributed by atoms with Crippen molar-refractivity contribution in [3.8, 4) is 0 Å². The molecule has 0 N–H and O–H groups in total. The molecule has 66 heavy (non-hydrogen) atoms. The lowest BCUT2D eigenvalue weighted by atomic mass is 10.0. The number of unbranched alkanes of at least 4 members (excludes halogenated alkanes) is 39. The highest BCUT2D eigenvalue weighted by Gasteiger charge is 2.19. The van der Waals surface area contributed by atoms with E-state index in [1.54, 1.807) is 0 Å². The standard InChI is InChI=1S/C60H116O6/c1-6-7-8-9-10-11-12-13-14-20-25-30-35-40-45-50-58(61)64-53-57(66-60(63)52-47-42-37-32-27-22-17-19-24-29-34-39-44-49-56(4)5)54-65-59(62)51-46-41-36-31-26-21-16-15-18-23-28-33-38-43-48-55(2)3/h55-57H,6-54H2,1-5H3/t57-/m0/s1. The van der Waals surface area contributed by atoms with Crippen molar-refractivity contribution in [2.45, 2.75) is 343 Å². The van der Waals surface area contributed by atoms with Gasteiger partial charge in [-0.1, -0.05) is 298 Å². The number of hydrogen-bond donors (Lipinski definition) is 0. The molecule has 0 radical (unpaired) electrons. The minimum Gasteiger partial charge on any atom is -0.462 e. The zero-order valence-corrected chi connectivity index (χ0v) is 45.3. The van der Waals surface area contributed by atoms with Gasteiger partial charge in [0.2, 0.25) is 0 Å². The molecule has 0 saturated carbocycles. The summed E-state index contributed by atoms with van der Waals surface area (Å²) in [7, 11) is 0. The molecular weight excluding hydrogens is 817 g/mol. The van der Waals surface area contributed by atoms with Gasteiger partial charge < -0.3 is 14.2 Å². The SMILES string of the molecule is CCCCCCCCCCCCCCCCCC(=O)OC[C@@H](COC(=O)CCCCCCCCCCCCCCCCC(C)C)OC(=O)CCCCCCCCCCCCCCCC(C)C. The molecule has 0 aliphatic rings. The third-order valence-corrected chi connectivity index (χ3v) is 13.7. The molecule has 0 aliphatic heterocycles. The van der Waals surface area contributed by atoms with Gasteiger partial charge in [0.15, 0.2) is 6.10 Å². The zero-order chi connectivity index (χ0) is 48.2. The maximum atomic E-state index is 12.9. The molecule has 0 fully saturated rings. The van der Waals surface area contributed by atoms with E-state index in [9.17, 15) is 14.4 Å². The van der Waals surface area contributed by atoms with Crippen LogP contribution in [-0.2, 0) is 28.6 Å². The lowest BCUT2D eigenvalue weighted by Gasteiger charge is -2.18. The van der Waals surface area contributed by atoms with E-state index >= 15 is 0 Å². The Morgan fingerprint density at radius 2 is 0.500 bits per heavy atom. The fourth-order valence-electron chi connectivity index (χ4n) is 9.23. The molecule has 0 aromatic heterocycles. The van der Waals surface area contributed by atoms with Gasteiger partial charge in [-0.25, -0.2) is 0 Å². The first-order valence-corrected chi connectivity index (χ1v) is 29.7. The summed E-state index contributed by atoms with van der Waals surface area (Å²) in [6.07, 6.45) is 56.6. The van der Waals surface area contributed by atoms with E-state index in [-0.39, 0.29) is 31.1 Å². The molecule has 0 spiro atoms. The molecule has 0 amide bonds. The molecule has 0 heterocycles. The third-order valence-electron chi connectivity index (χ3n) is 13.7. The average Bonchev–Trinajstić information content (AvgIpc) is 3.29. The van der Waals surface area contributed by atoms with Gasteiger partial charge in [-0.3, -0.25) is 14.4 Å². The van der Waals surface area contributed by atoms with Crippen LogP contribution in [0.4, 0.5) is 0 Å². The summed E-state index contributed by atoms with van der Waals surface area (Å²) in [5.74, 6) is 0.847. The van der Waals surface area contributed by atoms with Gasteiger partial charge in [0.05, 0.1) is 0 Å². The van der Waals surface area contributed by atoms with Crippen molar-refractivity contribution >= 4 is 17.9 Å². The first-order valence-electron chi connectivity index (χ1n) is 29.7. The summed E-state index contributed by atoms with van der Waals surface area (Å²) in [5.41, 5.74) is 0. The Hall–Kier alpha value is -1.59. The summed E-state index contributed by atoms with van der Waals surface area (Å²) in [6, 6.07) is 0. The van der Waals surface area contributed by atoms with Crippen molar-refractivity contribution in [2.75, 3.05) is 13.2 Å². The number of ether oxygens (including phenoxy) is 3. The van der Waals surface area contributed by atoms with Crippen molar-refractivity contribution in [1.29, 1.82) is 0 Å². The summed E-state index contributed by atoms with van der Waals surface area (Å²) in [4.78, 5) is 38.2. The molecule has 6 heteroatoms. The minimum atomic E-state index is -0.763. The predicted molar refractivity (Wildman–Crippen MR) is 284 cm³/mol. The van der Waals surface area contributed by atoms with E-state index in [2.05, 4.69) is 34.6 Å². The second-order valence-corrected chi connectivity index (χ2v) is 21.6. The minimum absolute atomic E-state index is 0.0623. The topological polar surface area (TPSA) is 78.9 Å². The van der Waals surface area contributed by atoms with Gasteiger partial charge in [-0.05, 0) is 31.1 Å². The van der Waals surface area contributed by atoms with Crippen LogP contribution >= 0.6 is 0 Å². The molecule has 392 valence electrons. The molecule has 0 bridgehead atoms.